The number of nitrogens with zero attached hydrogens (tertiary/aromatic N) is 1. The van der Waals surface area contributed by atoms with Crippen LogP contribution in [0.2, 0.25) is 0 Å². The molecular formula is C17H23N3O2S. The largest absolute Gasteiger partial charge is 0.338 e. The van der Waals surface area contributed by atoms with Crippen LogP contribution in [0.3, 0.4) is 0 Å². The van der Waals surface area contributed by atoms with Gasteiger partial charge in [0.15, 0.2) is 0 Å². The highest BCUT2D eigenvalue weighted by atomic mass is 32.2. The number of benzene rings is 1. The summed E-state index contributed by atoms with van der Waals surface area (Å²) in [6.45, 7) is 5.54. The molecule has 0 bridgehead atoms. The number of hydrogen-bond donors (Lipinski definition) is 2. The normalized spacial score (nSPS) is 23.7. The molecule has 1 aromatic carbocycles. The topological polar surface area (TPSA) is 75.4 Å². The number of piperidine rings is 1. The van der Waals surface area contributed by atoms with Gasteiger partial charge in [0.25, 0.3) is 5.91 Å². The molecule has 0 aliphatic carbocycles. The molecular weight excluding hydrogens is 310 g/mol. The van der Waals surface area contributed by atoms with Gasteiger partial charge in [0, 0.05) is 41.8 Å². The van der Waals surface area contributed by atoms with Crippen LogP contribution in [0.1, 0.15) is 37.0 Å². The molecule has 0 spiro atoms. The number of fused-ring (bicyclic) bond motifs is 1. The second kappa shape index (κ2) is 6.17. The molecule has 124 valence electrons. The fourth-order valence-electron chi connectivity index (χ4n) is 3.08. The molecule has 1 saturated heterocycles. The van der Waals surface area contributed by atoms with Crippen LogP contribution in [0.25, 0.3) is 0 Å². The highest BCUT2D eigenvalue weighted by Gasteiger charge is 2.35. The van der Waals surface area contributed by atoms with Crippen molar-refractivity contribution in [3.05, 3.63) is 23.8 Å². The Morgan fingerprint density at radius 2 is 2.22 bits per heavy atom. The second-order valence-corrected chi connectivity index (χ2v) is 8.10. The van der Waals surface area contributed by atoms with Crippen molar-refractivity contribution in [1.29, 1.82) is 0 Å². The van der Waals surface area contributed by atoms with E-state index in [1.165, 1.54) is 0 Å². The van der Waals surface area contributed by atoms with Gasteiger partial charge in [-0.05, 0) is 30.0 Å². The van der Waals surface area contributed by atoms with Crippen LogP contribution in [0.15, 0.2) is 23.1 Å². The molecule has 1 atom stereocenters. The monoisotopic (exact) mass is 333 g/mol. The van der Waals surface area contributed by atoms with Crippen molar-refractivity contribution in [2.75, 3.05) is 24.2 Å². The Morgan fingerprint density at radius 3 is 2.96 bits per heavy atom. The molecule has 2 amide bonds. The van der Waals surface area contributed by atoms with E-state index in [9.17, 15) is 9.59 Å². The molecule has 0 radical (unpaired) electrons. The van der Waals surface area contributed by atoms with Crippen LogP contribution in [-0.2, 0) is 4.79 Å². The average Bonchev–Trinajstić information content (AvgIpc) is 2.69. The van der Waals surface area contributed by atoms with Gasteiger partial charge in [0.05, 0.1) is 5.69 Å². The first-order valence-corrected chi connectivity index (χ1v) is 8.97. The van der Waals surface area contributed by atoms with E-state index in [-0.39, 0.29) is 23.3 Å². The fourth-order valence-corrected chi connectivity index (χ4v) is 4.02. The molecule has 23 heavy (non-hydrogen) atoms. The van der Waals surface area contributed by atoms with Gasteiger partial charge in [-0.15, -0.1) is 11.8 Å². The summed E-state index contributed by atoms with van der Waals surface area (Å²) >= 11 is 1.64. The number of nitrogens with two attached hydrogens (primary N) is 1. The van der Waals surface area contributed by atoms with Gasteiger partial charge < -0.3 is 16.0 Å². The molecule has 1 aromatic rings. The Balaban J connectivity index is 1.82. The lowest BCUT2D eigenvalue weighted by molar-refractivity contribution is -0.115. The van der Waals surface area contributed by atoms with Gasteiger partial charge >= 0.3 is 0 Å². The number of nitrogens with one attached hydrogen (secondary N) is 1. The molecule has 2 heterocycles. The van der Waals surface area contributed by atoms with E-state index in [1.807, 2.05) is 17.0 Å². The van der Waals surface area contributed by atoms with Crippen molar-refractivity contribution in [3.8, 4) is 0 Å². The molecule has 5 nitrogen and oxygen atoms in total. The van der Waals surface area contributed by atoms with Crippen LogP contribution in [-0.4, -0.2) is 41.6 Å². The summed E-state index contributed by atoms with van der Waals surface area (Å²) < 4.78 is 0. The molecule has 3 rings (SSSR count). The van der Waals surface area contributed by atoms with Crippen LogP contribution in [0.4, 0.5) is 5.69 Å². The number of amides is 2. The van der Waals surface area contributed by atoms with Crippen molar-refractivity contribution in [2.24, 2.45) is 11.1 Å². The summed E-state index contributed by atoms with van der Waals surface area (Å²) in [5, 5.41) is 2.89. The van der Waals surface area contributed by atoms with E-state index in [1.54, 1.807) is 17.8 Å². The van der Waals surface area contributed by atoms with Crippen LogP contribution in [0.5, 0.6) is 0 Å². The molecule has 0 aromatic heterocycles. The Hall–Kier alpha value is -1.53. The van der Waals surface area contributed by atoms with Crippen LogP contribution < -0.4 is 11.1 Å². The predicted octanol–water partition coefficient (Wildman–Crippen LogP) is 2.32. The Labute approximate surface area is 141 Å². The molecule has 2 aliphatic rings. The first kappa shape index (κ1) is 16.3. The minimum absolute atomic E-state index is 0.00549. The number of carbonyl (C=O) groups excluding carboxylic acids is 2. The van der Waals surface area contributed by atoms with Crippen LogP contribution in [0, 0.1) is 5.41 Å². The van der Waals surface area contributed by atoms with Gasteiger partial charge in [0.1, 0.15) is 0 Å². The highest BCUT2D eigenvalue weighted by molar-refractivity contribution is 7.99. The van der Waals surface area contributed by atoms with Gasteiger partial charge in [-0.2, -0.15) is 0 Å². The number of thioether (sulfide) groups is 1. The number of hydrogen-bond acceptors (Lipinski definition) is 4. The number of likely N-dealkylation sites (tertiary alicyclic amines) is 1. The standard InChI is InChI=1S/C17H23N3O2S/c1-17(2)10-20(7-5-14(17)18)16(22)11-3-4-13-12(9-11)19-15(21)6-8-23-13/h3-4,9,14H,5-8,10,18H2,1-2H3,(H,19,21). The van der Waals surface area contributed by atoms with Crippen molar-refractivity contribution >= 4 is 29.3 Å². The van der Waals surface area contributed by atoms with Crippen molar-refractivity contribution in [3.63, 3.8) is 0 Å². The minimum atomic E-state index is -0.0797. The summed E-state index contributed by atoms with van der Waals surface area (Å²) in [4.78, 5) is 27.4. The zero-order valence-electron chi connectivity index (χ0n) is 13.6. The SMILES string of the molecule is CC1(C)CN(C(=O)c2ccc3c(c2)NC(=O)CCS3)CCC1N. The summed E-state index contributed by atoms with van der Waals surface area (Å²) in [7, 11) is 0. The number of rotatable bonds is 1. The zero-order valence-corrected chi connectivity index (χ0v) is 14.4. The maximum absolute atomic E-state index is 12.8. The van der Waals surface area contributed by atoms with Gasteiger partial charge in [-0.3, -0.25) is 9.59 Å². The van der Waals surface area contributed by atoms with Crippen molar-refractivity contribution < 1.29 is 9.59 Å². The lowest BCUT2D eigenvalue weighted by atomic mass is 9.79. The quantitative estimate of drug-likeness (QED) is 0.827. The molecule has 1 fully saturated rings. The van der Waals surface area contributed by atoms with E-state index in [4.69, 9.17) is 5.73 Å². The van der Waals surface area contributed by atoms with Gasteiger partial charge in [-0.1, -0.05) is 13.8 Å². The lowest BCUT2D eigenvalue weighted by Gasteiger charge is -2.42. The van der Waals surface area contributed by atoms with E-state index < -0.39 is 0 Å². The molecule has 6 heteroatoms. The third-order valence-electron chi connectivity index (χ3n) is 4.69. The molecule has 1 unspecified atom stereocenters. The number of anilines is 1. The Morgan fingerprint density at radius 1 is 1.43 bits per heavy atom. The number of carbonyl (C=O) groups is 2. The first-order chi connectivity index (χ1) is 10.9. The molecule has 2 aliphatic heterocycles. The summed E-state index contributed by atoms with van der Waals surface area (Å²) in [6, 6.07) is 5.71. The van der Waals surface area contributed by atoms with Crippen molar-refractivity contribution in [1.82, 2.24) is 4.90 Å². The first-order valence-electron chi connectivity index (χ1n) is 7.98. The maximum Gasteiger partial charge on any atom is 0.253 e. The molecule has 0 saturated carbocycles. The summed E-state index contributed by atoms with van der Waals surface area (Å²) in [5.74, 6) is 0.784. The average molecular weight is 333 g/mol. The van der Waals surface area contributed by atoms with Crippen LogP contribution >= 0.6 is 11.8 Å². The zero-order chi connectivity index (χ0) is 16.6. The Kier molecular flexibility index (Phi) is 4.38. The highest BCUT2D eigenvalue weighted by Crippen LogP contribution is 2.33. The lowest BCUT2D eigenvalue weighted by Crippen LogP contribution is -2.54. The van der Waals surface area contributed by atoms with E-state index in [2.05, 4.69) is 19.2 Å². The van der Waals surface area contributed by atoms with Gasteiger partial charge in [0.2, 0.25) is 5.91 Å². The fraction of sp³-hybridized carbons (Fsp3) is 0.529. The third-order valence-corrected chi connectivity index (χ3v) is 5.76. The second-order valence-electron chi connectivity index (χ2n) is 6.97. The molecule has 3 N–H and O–H groups in total. The summed E-state index contributed by atoms with van der Waals surface area (Å²) in [5.41, 5.74) is 7.44. The smallest absolute Gasteiger partial charge is 0.253 e. The van der Waals surface area contributed by atoms with E-state index >= 15 is 0 Å². The third kappa shape index (κ3) is 3.38. The predicted molar refractivity (Wildman–Crippen MR) is 92.7 cm³/mol. The van der Waals surface area contributed by atoms with Gasteiger partial charge in [-0.25, -0.2) is 0 Å². The minimum Gasteiger partial charge on any atom is -0.338 e. The summed E-state index contributed by atoms with van der Waals surface area (Å²) in [6.07, 6.45) is 1.32. The van der Waals surface area contributed by atoms with Crippen molar-refractivity contribution in [2.45, 2.75) is 37.6 Å². The van der Waals surface area contributed by atoms with E-state index in [0.717, 1.165) is 22.8 Å². The maximum atomic E-state index is 12.8. The van der Waals surface area contributed by atoms with E-state index in [0.29, 0.717) is 25.1 Å². The Bertz CT molecular complexity index is 645.